The van der Waals surface area contributed by atoms with Gasteiger partial charge in [-0.15, -0.1) is 0 Å². The van der Waals surface area contributed by atoms with Gasteiger partial charge in [-0.25, -0.2) is 9.29 Å². The molecule has 6 heteroatoms. The molecule has 1 aliphatic rings. The van der Waals surface area contributed by atoms with Crippen LogP contribution in [0.5, 0.6) is 5.75 Å². The van der Waals surface area contributed by atoms with Gasteiger partial charge in [0.2, 0.25) is 0 Å². The van der Waals surface area contributed by atoms with Crippen molar-refractivity contribution in [3.63, 3.8) is 0 Å². The highest BCUT2D eigenvalue weighted by Crippen LogP contribution is 2.35. The summed E-state index contributed by atoms with van der Waals surface area (Å²) in [7, 11) is 0. The number of nitrogens with zero attached hydrogens (tertiary/aromatic N) is 1. The number of rotatable bonds is 6. The molecule has 3 aromatic rings. The smallest absolute Gasteiger partial charge is 0.282 e. The van der Waals surface area contributed by atoms with Crippen LogP contribution in [-0.2, 0) is 9.59 Å². The van der Waals surface area contributed by atoms with Crippen molar-refractivity contribution in [2.75, 3.05) is 10.2 Å². The average Bonchev–Trinajstić information content (AvgIpc) is 3.00. The molecule has 0 saturated carbocycles. The Balaban J connectivity index is 1.81. The molecule has 5 nitrogen and oxygen atoms in total. The molecule has 0 saturated heterocycles. The lowest BCUT2D eigenvalue weighted by Gasteiger charge is -2.16. The maximum atomic E-state index is 14.6. The normalized spacial score (nSPS) is 13.8. The van der Waals surface area contributed by atoms with Crippen LogP contribution in [0.1, 0.15) is 30.5 Å². The van der Waals surface area contributed by atoms with Crippen molar-refractivity contribution in [1.82, 2.24) is 0 Å². The first-order valence-electron chi connectivity index (χ1n) is 10.7. The van der Waals surface area contributed by atoms with Crippen molar-refractivity contribution in [2.24, 2.45) is 0 Å². The van der Waals surface area contributed by atoms with E-state index in [1.807, 2.05) is 45.9 Å². The minimum Gasteiger partial charge on any atom is -0.491 e. The van der Waals surface area contributed by atoms with Crippen molar-refractivity contribution in [2.45, 2.75) is 33.8 Å². The van der Waals surface area contributed by atoms with Gasteiger partial charge in [-0.3, -0.25) is 9.59 Å². The molecule has 0 aliphatic carbocycles. The Labute approximate surface area is 192 Å². The highest BCUT2D eigenvalue weighted by molar-refractivity contribution is 6.46. The van der Waals surface area contributed by atoms with Crippen LogP contribution in [0.3, 0.4) is 0 Å². The Morgan fingerprint density at radius 1 is 0.909 bits per heavy atom. The van der Waals surface area contributed by atoms with Crippen LogP contribution in [0.4, 0.5) is 15.8 Å². The predicted octanol–water partition coefficient (Wildman–Crippen LogP) is 5.63. The molecule has 0 fully saturated rings. The van der Waals surface area contributed by atoms with E-state index in [2.05, 4.69) is 5.32 Å². The molecule has 168 valence electrons. The SMILES string of the molecule is Cc1ccc(NC2=C(c3ccc(OC(C)C)cc3)C(=O)N(c3ccccc3F)C2=O)c(C)c1. The quantitative estimate of drug-likeness (QED) is 0.501. The second kappa shape index (κ2) is 8.90. The van der Waals surface area contributed by atoms with E-state index in [1.54, 1.807) is 30.3 Å². The summed E-state index contributed by atoms with van der Waals surface area (Å²) in [6.07, 6.45) is 0.00282. The molecule has 2 amide bonds. The molecule has 0 aromatic heterocycles. The van der Waals surface area contributed by atoms with Crippen molar-refractivity contribution < 1.29 is 18.7 Å². The number of nitrogens with one attached hydrogen (secondary N) is 1. The maximum absolute atomic E-state index is 14.6. The Bertz CT molecular complexity index is 1260. The third kappa shape index (κ3) is 4.37. The fourth-order valence-electron chi connectivity index (χ4n) is 3.83. The Hall–Kier alpha value is -3.93. The minimum atomic E-state index is -0.646. The highest BCUT2D eigenvalue weighted by Gasteiger charge is 2.41. The van der Waals surface area contributed by atoms with E-state index in [4.69, 9.17) is 4.74 Å². The molecule has 0 unspecified atom stereocenters. The van der Waals surface area contributed by atoms with Crippen LogP contribution in [0.25, 0.3) is 5.57 Å². The predicted molar refractivity (Wildman–Crippen MR) is 128 cm³/mol. The topological polar surface area (TPSA) is 58.6 Å². The second-order valence-corrected chi connectivity index (χ2v) is 8.28. The largest absolute Gasteiger partial charge is 0.491 e. The summed E-state index contributed by atoms with van der Waals surface area (Å²) in [5.74, 6) is -1.19. The van der Waals surface area contributed by atoms with E-state index < -0.39 is 17.6 Å². The van der Waals surface area contributed by atoms with Gasteiger partial charge in [0.1, 0.15) is 17.3 Å². The number of carbonyl (C=O) groups excluding carboxylic acids is 2. The fourth-order valence-corrected chi connectivity index (χ4v) is 3.83. The van der Waals surface area contributed by atoms with Gasteiger partial charge in [-0.2, -0.15) is 0 Å². The number of aryl methyl sites for hydroxylation is 2. The second-order valence-electron chi connectivity index (χ2n) is 8.28. The lowest BCUT2D eigenvalue weighted by Crippen LogP contribution is -2.33. The van der Waals surface area contributed by atoms with Crippen molar-refractivity contribution in [3.05, 3.63) is 94.9 Å². The van der Waals surface area contributed by atoms with Gasteiger partial charge in [-0.1, -0.05) is 42.0 Å². The van der Waals surface area contributed by atoms with E-state index in [-0.39, 0.29) is 23.1 Å². The van der Waals surface area contributed by atoms with E-state index in [9.17, 15) is 14.0 Å². The molecular formula is C27H25FN2O3. The summed E-state index contributed by atoms with van der Waals surface area (Å²) in [5, 5.41) is 3.15. The van der Waals surface area contributed by atoms with Gasteiger partial charge >= 0.3 is 0 Å². The molecular weight excluding hydrogens is 419 g/mol. The molecule has 1 aliphatic heterocycles. The third-order valence-electron chi connectivity index (χ3n) is 5.33. The number of imide groups is 1. The number of benzene rings is 3. The summed E-state index contributed by atoms with van der Waals surface area (Å²) < 4.78 is 20.2. The third-order valence-corrected chi connectivity index (χ3v) is 5.33. The molecule has 0 radical (unpaired) electrons. The molecule has 3 aromatic carbocycles. The first kappa shape index (κ1) is 22.3. The van der Waals surface area contributed by atoms with Gasteiger partial charge in [0, 0.05) is 5.69 Å². The molecule has 4 rings (SSSR count). The van der Waals surface area contributed by atoms with Crippen LogP contribution in [0.15, 0.2) is 72.4 Å². The minimum absolute atomic E-state index is 0.00282. The Morgan fingerprint density at radius 3 is 2.24 bits per heavy atom. The van der Waals surface area contributed by atoms with E-state index in [1.165, 1.54) is 18.2 Å². The summed E-state index contributed by atoms with van der Waals surface area (Å²) in [5.41, 5.74) is 3.44. The fraction of sp³-hybridized carbons (Fsp3) is 0.185. The number of hydrogen-bond donors (Lipinski definition) is 1. The highest BCUT2D eigenvalue weighted by atomic mass is 19.1. The van der Waals surface area contributed by atoms with Crippen LogP contribution in [0.2, 0.25) is 0 Å². The first-order chi connectivity index (χ1) is 15.8. The summed E-state index contributed by atoms with van der Waals surface area (Å²) in [6, 6.07) is 18.5. The van der Waals surface area contributed by atoms with Gasteiger partial charge in [0.15, 0.2) is 0 Å². The lowest BCUT2D eigenvalue weighted by molar-refractivity contribution is -0.120. The number of halogens is 1. The van der Waals surface area contributed by atoms with Crippen molar-refractivity contribution in [1.29, 1.82) is 0 Å². The Kier molecular flexibility index (Phi) is 6.01. The average molecular weight is 445 g/mol. The summed E-state index contributed by atoms with van der Waals surface area (Å²) in [4.78, 5) is 27.8. The number of amides is 2. The molecule has 0 atom stereocenters. The number of carbonyl (C=O) groups is 2. The lowest BCUT2D eigenvalue weighted by atomic mass is 10.0. The molecule has 0 bridgehead atoms. The Morgan fingerprint density at radius 2 is 1.61 bits per heavy atom. The number of anilines is 2. The first-order valence-corrected chi connectivity index (χ1v) is 10.7. The zero-order valence-electron chi connectivity index (χ0n) is 19.0. The van der Waals surface area contributed by atoms with Crippen molar-refractivity contribution in [3.8, 4) is 5.75 Å². The molecule has 0 spiro atoms. The number of para-hydroxylation sites is 1. The van der Waals surface area contributed by atoms with E-state index in [0.29, 0.717) is 17.0 Å². The van der Waals surface area contributed by atoms with E-state index >= 15 is 0 Å². The van der Waals surface area contributed by atoms with E-state index in [0.717, 1.165) is 16.0 Å². The molecule has 1 N–H and O–H groups in total. The number of ether oxygens (including phenoxy) is 1. The zero-order valence-corrected chi connectivity index (χ0v) is 19.0. The van der Waals surface area contributed by atoms with Gasteiger partial charge in [0.25, 0.3) is 11.8 Å². The molecule has 1 heterocycles. The van der Waals surface area contributed by atoms with Gasteiger partial charge in [0.05, 0.1) is 17.4 Å². The van der Waals surface area contributed by atoms with Crippen LogP contribution >= 0.6 is 0 Å². The van der Waals surface area contributed by atoms with Crippen LogP contribution < -0.4 is 15.0 Å². The summed E-state index contributed by atoms with van der Waals surface area (Å²) >= 11 is 0. The van der Waals surface area contributed by atoms with Gasteiger partial charge < -0.3 is 10.1 Å². The maximum Gasteiger partial charge on any atom is 0.282 e. The number of hydrogen-bond acceptors (Lipinski definition) is 4. The van der Waals surface area contributed by atoms with Crippen LogP contribution in [0, 0.1) is 19.7 Å². The standard InChI is InChI=1S/C27H25FN2O3/c1-16(2)33-20-12-10-19(11-13-20)24-25(29-22-14-9-17(3)15-18(22)4)27(32)30(26(24)31)23-8-6-5-7-21(23)28/h5-16,29H,1-4H3. The molecule has 33 heavy (non-hydrogen) atoms. The van der Waals surface area contributed by atoms with Gasteiger partial charge in [-0.05, 0) is 69.2 Å². The zero-order chi connectivity index (χ0) is 23.7. The summed E-state index contributed by atoms with van der Waals surface area (Å²) in [6.45, 7) is 7.75. The van der Waals surface area contributed by atoms with Crippen LogP contribution in [-0.4, -0.2) is 17.9 Å². The van der Waals surface area contributed by atoms with Crippen molar-refractivity contribution >= 4 is 28.8 Å². The monoisotopic (exact) mass is 444 g/mol.